The van der Waals surface area contributed by atoms with Crippen molar-refractivity contribution in [3.63, 3.8) is 0 Å². The fourth-order valence-electron chi connectivity index (χ4n) is 6.26. The van der Waals surface area contributed by atoms with E-state index in [0.29, 0.717) is 26.2 Å². The molecule has 23 nitrogen and oxygen atoms in total. The summed E-state index contributed by atoms with van der Waals surface area (Å²) in [5.41, 5.74) is 0. The molecule has 1 atom stereocenters. The molecular weight excluding hydrogens is 923 g/mol. The number of carbonyl (C=O) groups excluding carboxylic acids is 6. The number of nitrogens with one attached hydrogen (secondary N) is 5. The number of carboxylic acids is 2. The zero-order valence-corrected chi connectivity index (χ0v) is 41.4. The van der Waals surface area contributed by atoms with Crippen LogP contribution in [0.25, 0.3) is 0 Å². The maximum Gasteiger partial charge on any atom is 0.326 e. The fraction of sp³-hybridized carbons (Fsp3) is 0.830. The van der Waals surface area contributed by atoms with Crippen molar-refractivity contribution in [1.29, 1.82) is 0 Å². The summed E-state index contributed by atoms with van der Waals surface area (Å²) in [4.78, 5) is 92.3. The maximum absolute atomic E-state index is 12.3. The number of rotatable bonds is 54. The van der Waals surface area contributed by atoms with Gasteiger partial charge in [0.05, 0.1) is 79.3 Å². The van der Waals surface area contributed by atoms with E-state index < -0.39 is 18.0 Å². The minimum absolute atomic E-state index is 0.0368. The average molecular weight is 1010 g/mol. The van der Waals surface area contributed by atoms with Crippen LogP contribution < -0.4 is 26.6 Å². The second-order valence-corrected chi connectivity index (χ2v) is 16.0. The molecule has 0 rings (SSSR count). The van der Waals surface area contributed by atoms with Crippen LogP contribution in [0.1, 0.15) is 116 Å². The summed E-state index contributed by atoms with van der Waals surface area (Å²) in [5, 5.41) is 31.3. The normalized spacial score (nSPS) is 11.4. The molecule has 1 unspecified atom stereocenters. The third-order valence-corrected chi connectivity index (χ3v) is 9.96. The van der Waals surface area contributed by atoms with Crippen molar-refractivity contribution in [3.05, 3.63) is 0 Å². The van der Waals surface area contributed by atoms with Crippen LogP contribution in [0.2, 0.25) is 0 Å². The molecule has 0 aromatic rings. The van der Waals surface area contributed by atoms with E-state index in [0.717, 1.165) is 44.9 Å². The van der Waals surface area contributed by atoms with Crippen molar-refractivity contribution in [2.75, 3.05) is 132 Å². The average Bonchev–Trinajstić information content (AvgIpc) is 3.33. The zero-order valence-electron chi connectivity index (χ0n) is 41.4. The number of amides is 5. The third-order valence-electron chi connectivity index (χ3n) is 9.96. The Morgan fingerprint density at radius 1 is 0.371 bits per heavy atom. The zero-order chi connectivity index (χ0) is 51.4. The van der Waals surface area contributed by atoms with Crippen molar-refractivity contribution in [3.8, 4) is 0 Å². The van der Waals surface area contributed by atoms with Crippen molar-refractivity contribution < 1.29 is 86.5 Å². The van der Waals surface area contributed by atoms with E-state index in [1.54, 1.807) is 6.29 Å². The summed E-state index contributed by atoms with van der Waals surface area (Å²) in [6.07, 6.45) is 17.0. The largest absolute Gasteiger partial charge is 0.481 e. The van der Waals surface area contributed by atoms with Crippen LogP contribution in [-0.2, 0) is 76.3 Å². The fourth-order valence-corrected chi connectivity index (χ4v) is 6.26. The van der Waals surface area contributed by atoms with Crippen molar-refractivity contribution >= 4 is 47.8 Å². The Balaban J connectivity index is 3.59. The molecule has 70 heavy (non-hydrogen) atoms. The first-order chi connectivity index (χ1) is 34.0. The molecule has 0 saturated carbocycles. The Labute approximate surface area is 413 Å². The van der Waals surface area contributed by atoms with Gasteiger partial charge in [0.15, 0.2) is 0 Å². The first-order valence-corrected chi connectivity index (χ1v) is 24.8. The topological polar surface area (TPSA) is 311 Å². The van der Waals surface area contributed by atoms with E-state index in [4.69, 9.17) is 43.0 Å². The molecule has 7 N–H and O–H groups in total. The molecule has 0 heterocycles. The first-order valence-electron chi connectivity index (χ1n) is 24.8. The van der Waals surface area contributed by atoms with Crippen LogP contribution in [0.5, 0.6) is 0 Å². The highest BCUT2D eigenvalue weighted by Gasteiger charge is 2.21. The van der Waals surface area contributed by atoms with E-state index in [1.807, 2.05) is 0 Å². The lowest BCUT2D eigenvalue weighted by Crippen LogP contribution is -2.41. The van der Waals surface area contributed by atoms with E-state index in [2.05, 4.69) is 26.6 Å². The maximum atomic E-state index is 12.3. The van der Waals surface area contributed by atoms with Crippen molar-refractivity contribution in [2.45, 2.75) is 122 Å². The Bertz CT molecular complexity index is 1360. The molecular formula is C47H84N5O18. The minimum atomic E-state index is -1.19. The molecule has 0 aliphatic rings. The first kappa shape index (κ1) is 65.6. The summed E-state index contributed by atoms with van der Waals surface area (Å²) >= 11 is 0. The van der Waals surface area contributed by atoms with Gasteiger partial charge in [-0.1, -0.05) is 77.0 Å². The highest BCUT2D eigenvalue weighted by atomic mass is 16.5. The predicted molar refractivity (Wildman–Crippen MR) is 255 cm³/mol. The van der Waals surface area contributed by atoms with Gasteiger partial charge in [0.2, 0.25) is 35.8 Å². The molecule has 0 spiro atoms. The Kier molecular flexibility index (Phi) is 47.8. The summed E-state index contributed by atoms with van der Waals surface area (Å²) in [6.45, 7) is 3.19. The monoisotopic (exact) mass is 1010 g/mol. The Morgan fingerprint density at radius 2 is 0.700 bits per heavy atom. The number of carboxylic acid groups (broad SMARTS) is 2. The van der Waals surface area contributed by atoms with Gasteiger partial charge in [-0.15, -0.1) is 0 Å². The molecule has 5 amide bonds. The number of aliphatic carboxylic acids is 2. The van der Waals surface area contributed by atoms with Gasteiger partial charge >= 0.3 is 11.9 Å². The third kappa shape index (κ3) is 50.0. The van der Waals surface area contributed by atoms with Gasteiger partial charge in [0.1, 0.15) is 32.5 Å². The van der Waals surface area contributed by atoms with E-state index in [-0.39, 0.29) is 167 Å². The predicted octanol–water partition coefficient (Wildman–Crippen LogP) is 1.37. The van der Waals surface area contributed by atoms with Crippen LogP contribution in [0, 0.1) is 0 Å². The molecule has 0 saturated heterocycles. The van der Waals surface area contributed by atoms with Gasteiger partial charge < -0.3 is 74.7 Å². The lowest BCUT2D eigenvalue weighted by Gasteiger charge is -2.14. The molecule has 405 valence electrons. The molecule has 0 aromatic carbocycles. The number of hydrogen-bond acceptors (Lipinski definition) is 16. The van der Waals surface area contributed by atoms with Gasteiger partial charge in [-0.25, -0.2) is 4.79 Å². The van der Waals surface area contributed by atoms with Crippen molar-refractivity contribution in [2.24, 2.45) is 0 Å². The lowest BCUT2D eigenvalue weighted by atomic mass is 10.0. The van der Waals surface area contributed by atoms with Gasteiger partial charge in [-0.05, 0) is 19.3 Å². The van der Waals surface area contributed by atoms with Crippen LogP contribution in [0.3, 0.4) is 0 Å². The van der Waals surface area contributed by atoms with E-state index in [9.17, 15) is 43.5 Å². The van der Waals surface area contributed by atoms with E-state index in [1.165, 1.54) is 38.5 Å². The Hall–Kier alpha value is -4.36. The van der Waals surface area contributed by atoms with Gasteiger partial charge in [-0.2, -0.15) is 0 Å². The minimum Gasteiger partial charge on any atom is -0.481 e. The molecule has 0 aliphatic heterocycles. The SMILES string of the molecule is O=[C]COCCOCCNC(=O)COCCOCCNC(=O)COCCOCCNC(=O)COCCOCCNC(=O)CCC(NC(=O)CCCCCCCCCCCCCCCCC(=O)O)C(=O)O. The number of carbonyl (C=O) groups is 7. The second-order valence-electron chi connectivity index (χ2n) is 16.0. The molecule has 0 bridgehead atoms. The molecule has 23 heteroatoms. The lowest BCUT2D eigenvalue weighted by molar-refractivity contribution is -0.142. The summed E-state index contributed by atoms with van der Waals surface area (Å²) in [7, 11) is 0. The van der Waals surface area contributed by atoms with Crippen LogP contribution in [0.15, 0.2) is 0 Å². The highest BCUT2D eigenvalue weighted by molar-refractivity contribution is 5.84. The molecule has 1 radical (unpaired) electrons. The van der Waals surface area contributed by atoms with Gasteiger partial charge in [0.25, 0.3) is 0 Å². The standard InChI is InChI=1S/C47H84N5O18/c53-23-28-67-30-29-63-25-20-49-43(56)37-69-35-32-65-27-22-51-45(58)39-70-36-33-66-26-21-50-44(57)38-68-34-31-64-24-19-48-41(54)18-17-40(47(61)62)52-42(55)15-13-11-9-7-5-3-1-2-4-6-8-10-12-14-16-46(59)60/h40H,1-22,24-39H2,(H,48,54)(H,49,56)(H,50,57)(H,51,58)(H,52,55)(H,59,60)(H,61,62). The van der Waals surface area contributed by atoms with E-state index >= 15 is 0 Å². The van der Waals surface area contributed by atoms with Crippen molar-refractivity contribution in [1.82, 2.24) is 26.6 Å². The van der Waals surface area contributed by atoms with Gasteiger partial charge in [-0.3, -0.25) is 33.6 Å². The Morgan fingerprint density at radius 3 is 1.06 bits per heavy atom. The molecule has 0 aliphatic carbocycles. The molecule has 0 fully saturated rings. The molecule has 0 aromatic heterocycles. The number of ether oxygens (including phenoxy) is 8. The highest BCUT2D eigenvalue weighted by Crippen LogP contribution is 2.14. The summed E-state index contributed by atoms with van der Waals surface area (Å²) in [5.74, 6) is -3.57. The number of unbranched alkanes of at least 4 members (excludes halogenated alkanes) is 13. The van der Waals surface area contributed by atoms with Gasteiger partial charge in [0, 0.05) is 45.4 Å². The van der Waals surface area contributed by atoms with Crippen LogP contribution in [0.4, 0.5) is 0 Å². The quantitative estimate of drug-likeness (QED) is 0.0423. The summed E-state index contributed by atoms with van der Waals surface area (Å²) < 4.78 is 42.0. The van der Waals surface area contributed by atoms with Crippen LogP contribution in [-0.4, -0.2) is 196 Å². The number of hydrogen-bond donors (Lipinski definition) is 7. The second kappa shape index (κ2) is 51.0. The van der Waals surface area contributed by atoms with Crippen LogP contribution >= 0.6 is 0 Å². The summed E-state index contributed by atoms with van der Waals surface area (Å²) in [6, 6.07) is -1.15. The smallest absolute Gasteiger partial charge is 0.326 e.